The SMILES string of the molecule is CCNc1nc(Oc2ccccc2OCC)c(F)cc1F. The maximum Gasteiger partial charge on any atom is 0.258 e. The van der Waals surface area contributed by atoms with Crippen LogP contribution in [0.1, 0.15) is 13.8 Å². The van der Waals surface area contributed by atoms with Crippen molar-refractivity contribution in [3.05, 3.63) is 42.0 Å². The van der Waals surface area contributed by atoms with E-state index >= 15 is 0 Å². The molecule has 0 saturated heterocycles. The second-order valence-electron chi connectivity index (χ2n) is 4.12. The van der Waals surface area contributed by atoms with Crippen molar-refractivity contribution in [3.63, 3.8) is 0 Å². The molecule has 4 nitrogen and oxygen atoms in total. The third kappa shape index (κ3) is 3.59. The highest BCUT2D eigenvalue weighted by Crippen LogP contribution is 2.32. The summed E-state index contributed by atoms with van der Waals surface area (Å²) in [6.07, 6.45) is 0. The zero-order valence-corrected chi connectivity index (χ0v) is 11.8. The van der Waals surface area contributed by atoms with Crippen LogP contribution in [0.15, 0.2) is 30.3 Å². The first-order chi connectivity index (χ1) is 10.2. The van der Waals surface area contributed by atoms with E-state index in [1.54, 1.807) is 31.2 Å². The van der Waals surface area contributed by atoms with Crippen molar-refractivity contribution in [1.29, 1.82) is 0 Å². The number of hydrogen-bond donors (Lipinski definition) is 1. The Morgan fingerprint density at radius 2 is 1.81 bits per heavy atom. The number of benzene rings is 1. The first kappa shape index (κ1) is 15.0. The summed E-state index contributed by atoms with van der Waals surface area (Å²) in [7, 11) is 0. The van der Waals surface area contributed by atoms with Gasteiger partial charge < -0.3 is 14.8 Å². The average molecular weight is 294 g/mol. The van der Waals surface area contributed by atoms with Gasteiger partial charge in [-0.05, 0) is 26.0 Å². The lowest BCUT2D eigenvalue weighted by atomic mass is 10.3. The Balaban J connectivity index is 2.33. The summed E-state index contributed by atoms with van der Waals surface area (Å²) in [5.41, 5.74) is 0. The highest BCUT2D eigenvalue weighted by molar-refractivity contribution is 5.44. The van der Waals surface area contributed by atoms with Crippen molar-refractivity contribution in [3.8, 4) is 17.4 Å². The fourth-order valence-corrected chi connectivity index (χ4v) is 1.73. The van der Waals surface area contributed by atoms with Crippen LogP contribution < -0.4 is 14.8 Å². The van der Waals surface area contributed by atoms with Gasteiger partial charge in [-0.15, -0.1) is 0 Å². The van der Waals surface area contributed by atoms with E-state index in [0.29, 0.717) is 24.7 Å². The molecule has 0 unspecified atom stereocenters. The van der Waals surface area contributed by atoms with Gasteiger partial charge in [-0.1, -0.05) is 12.1 Å². The van der Waals surface area contributed by atoms with E-state index in [0.717, 1.165) is 6.07 Å². The summed E-state index contributed by atoms with van der Waals surface area (Å²) in [6, 6.07) is 7.57. The van der Waals surface area contributed by atoms with Gasteiger partial charge in [0, 0.05) is 12.6 Å². The number of hydrogen-bond acceptors (Lipinski definition) is 4. The number of halogens is 2. The van der Waals surface area contributed by atoms with Gasteiger partial charge in [-0.3, -0.25) is 0 Å². The Morgan fingerprint density at radius 3 is 2.48 bits per heavy atom. The highest BCUT2D eigenvalue weighted by Gasteiger charge is 2.15. The minimum atomic E-state index is -0.875. The molecule has 6 heteroatoms. The standard InChI is InChI=1S/C15H16F2N2O2/c1-3-18-14-10(16)9-11(17)15(19-14)21-13-8-6-5-7-12(13)20-4-2/h5-9H,3-4H2,1-2H3,(H,18,19). The summed E-state index contributed by atoms with van der Waals surface area (Å²) in [6.45, 7) is 4.53. The Kier molecular flexibility index (Phi) is 4.92. The topological polar surface area (TPSA) is 43.4 Å². The van der Waals surface area contributed by atoms with E-state index < -0.39 is 11.6 Å². The molecule has 1 aromatic heterocycles. The lowest BCUT2D eigenvalue weighted by molar-refractivity contribution is 0.316. The van der Waals surface area contributed by atoms with Crippen molar-refractivity contribution >= 4 is 5.82 Å². The van der Waals surface area contributed by atoms with Crippen molar-refractivity contribution in [2.45, 2.75) is 13.8 Å². The Bertz CT molecular complexity index is 621. The molecule has 21 heavy (non-hydrogen) atoms. The summed E-state index contributed by atoms with van der Waals surface area (Å²) in [5, 5.41) is 2.70. The molecule has 1 N–H and O–H groups in total. The number of aromatic nitrogens is 1. The van der Waals surface area contributed by atoms with Crippen LogP contribution in [0.3, 0.4) is 0 Å². The number of ether oxygens (including phenoxy) is 2. The monoisotopic (exact) mass is 294 g/mol. The summed E-state index contributed by atoms with van der Waals surface area (Å²) < 4.78 is 38.1. The number of anilines is 1. The van der Waals surface area contributed by atoms with Gasteiger partial charge >= 0.3 is 0 Å². The molecule has 0 aliphatic heterocycles. The molecule has 2 aromatic rings. The van der Waals surface area contributed by atoms with Crippen molar-refractivity contribution < 1.29 is 18.3 Å². The molecule has 0 radical (unpaired) electrons. The number of rotatable bonds is 6. The molecule has 0 spiro atoms. The van der Waals surface area contributed by atoms with E-state index in [4.69, 9.17) is 9.47 Å². The lowest BCUT2D eigenvalue weighted by Gasteiger charge is -2.12. The van der Waals surface area contributed by atoms with Crippen LogP contribution >= 0.6 is 0 Å². The van der Waals surface area contributed by atoms with Crippen LogP contribution in [-0.4, -0.2) is 18.1 Å². The normalized spacial score (nSPS) is 10.3. The summed E-state index contributed by atoms with van der Waals surface area (Å²) in [4.78, 5) is 3.82. The third-order valence-corrected chi connectivity index (χ3v) is 2.60. The molecule has 0 amide bonds. The van der Waals surface area contributed by atoms with Crippen LogP contribution in [0.2, 0.25) is 0 Å². The molecule has 0 fully saturated rings. The third-order valence-electron chi connectivity index (χ3n) is 2.60. The molecule has 1 heterocycles. The van der Waals surface area contributed by atoms with E-state index in [2.05, 4.69) is 10.3 Å². The predicted octanol–water partition coefficient (Wildman–Crippen LogP) is 3.98. The predicted molar refractivity (Wildman–Crippen MR) is 76.0 cm³/mol. The van der Waals surface area contributed by atoms with E-state index in [9.17, 15) is 8.78 Å². The van der Waals surface area contributed by atoms with Crippen molar-refractivity contribution in [1.82, 2.24) is 4.98 Å². The van der Waals surface area contributed by atoms with Gasteiger partial charge in [-0.2, -0.15) is 4.98 Å². The largest absolute Gasteiger partial charge is 0.490 e. The Morgan fingerprint density at radius 1 is 1.10 bits per heavy atom. The maximum atomic E-state index is 13.8. The Labute approximate surface area is 121 Å². The minimum Gasteiger partial charge on any atom is -0.490 e. The van der Waals surface area contributed by atoms with Crippen LogP contribution in [0, 0.1) is 11.6 Å². The maximum absolute atomic E-state index is 13.8. The molecule has 0 bridgehead atoms. The molecule has 112 valence electrons. The first-order valence-corrected chi connectivity index (χ1v) is 6.65. The van der Waals surface area contributed by atoms with Gasteiger partial charge in [0.05, 0.1) is 6.61 Å². The molecule has 0 aliphatic carbocycles. The summed E-state index contributed by atoms with van der Waals surface area (Å²) in [5.74, 6) is -1.21. The van der Waals surface area contributed by atoms with Gasteiger partial charge in [0.25, 0.3) is 5.88 Å². The molecular formula is C15H16F2N2O2. The molecule has 1 aromatic carbocycles. The number of nitrogens with one attached hydrogen (secondary N) is 1. The second kappa shape index (κ2) is 6.88. The smallest absolute Gasteiger partial charge is 0.258 e. The van der Waals surface area contributed by atoms with E-state index in [1.807, 2.05) is 6.92 Å². The fraction of sp³-hybridized carbons (Fsp3) is 0.267. The van der Waals surface area contributed by atoms with Crippen molar-refractivity contribution in [2.24, 2.45) is 0 Å². The van der Waals surface area contributed by atoms with Crippen LogP contribution in [0.4, 0.5) is 14.6 Å². The second-order valence-corrected chi connectivity index (χ2v) is 4.12. The van der Waals surface area contributed by atoms with Crippen LogP contribution in [0.25, 0.3) is 0 Å². The zero-order chi connectivity index (χ0) is 15.2. The van der Waals surface area contributed by atoms with Crippen LogP contribution in [0.5, 0.6) is 17.4 Å². The average Bonchev–Trinajstić information content (AvgIpc) is 2.46. The summed E-state index contributed by atoms with van der Waals surface area (Å²) >= 11 is 0. The number of nitrogens with zero attached hydrogens (tertiary/aromatic N) is 1. The van der Waals surface area contributed by atoms with E-state index in [1.165, 1.54) is 0 Å². The van der Waals surface area contributed by atoms with Crippen molar-refractivity contribution in [2.75, 3.05) is 18.5 Å². The van der Waals surface area contributed by atoms with Crippen LogP contribution in [-0.2, 0) is 0 Å². The lowest BCUT2D eigenvalue weighted by Crippen LogP contribution is -2.05. The minimum absolute atomic E-state index is 0.0530. The number of pyridine rings is 1. The molecule has 0 saturated carbocycles. The molecular weight excluding hydrogens is 278 g/mol. The quantitative estimate of drug-likeness (QED) is 0.875. The fourth-order valence-electron chi connectivity index (χ4n) is 1.73. The first-order valence-electron chi connectivity index (χ1n) is 6.65. The molecule has 0 aliphatic rings. The number of para-hydroxylation sites is 2. The van der Waals surface area contributed by atoms with Gasteiger partial charge in [0.2, 0.25) is 0 Å². The zero-order valence-electron chi connectivity index (χ0n) is 11.8. The van der Waals surface area contributed by atoms with Gasteiger partial charge in [0.1, 0.15) is 0 Å². The molecule has 2 rings (SSSR count). The highest BCUT2D eigenvalue weighted by atomic mass is 19.1. The van der Waals surface area contributed by atoms with Gasteiger partial charge in [-0.25, -0.2) is 8.78 Å². The molecule has 0 atom stereocenters. The van der Waals surface area contributed by atoms with E-state index in [-0.39, 0.29) is 11.7 Å². The van der Waals surface area contributed by atoms with Gasteiger partial charge in [0.15, 0.2) is 29.0 Å². The Hall–Kier alpha value is -2.37.